The van der Waals surface area contributed by atoms with Gasteiger partial charge in [-0.25, -0.2) is 4.98 Å². The number of hydrogen-bond acceptors (Lipinski definition) is 4. The second kappa shape index (κ2) is 8.28. The summed E-state index contributed by atoms with van der Waals surface area (Å²) in [5.41, 5.74) is 6.22. The molecule has 0 unspecified atom stereocenters. The van der Waals surface area contributed by atoms with E-state index >= 15 is 0 Å². The second-order valence-corrected chi connectivity index (χ2v) is 10.4. The lowest BCUT2D eigenvalue weighted by molar-refractivity contribution is -0.148. The average molecular weight is 498 g/mol. The Labute approximate surface area is 196 Å². The summed E-state index contributed by atoms with van der Waals surface area (Å²) in [6.45, 7) is 6.45. The highest BCUT2D eigenvalue weighted by atomic mass is 79.9. The molecule has 0 aliphatic carbocycles. The van der Waals surface area contributed by atoms with E-state index in [0.717, 1.165) is 59.0 Å². The van der Waals surface area contributed by atoms with Crippen molar-refractivity contribution in [3.05, 3.63) is 51.8 Å². The predicted molar refractivity (Wildman–Crippen MR) is 128 cm³/mol. The third-order valence-electron chi connectivity index (χ3n) is 6.85. The lowest BCUT2D eigenvalue weighted by atomic mass is 9.87. The van der Waals surface area contributed by atoms with Crippen LogP contribution in [0.4, 0.5) is 0 Å². The fourth-order valence-corrected chi connectivity index (χ4v) is 5.46. The molecule has 1 saturated heterocycles. The van der Waals surface area contributed by atoms with Gasteiger partial charge in [0.15, 0.2) is 0 Å². The molecular weight excluding hydrogens is 470 g/mol. The van der Waals surface area contributed by atoms with Crippen LogP contribution in [0.15, 0.2) is 35.1 Å². The molecule has 2 N–H and O–H groups in total. The number of fused-ring (bicyclic) bond motifs is 2. The molecule has 2 aliphatic heterocycles. The van der Waals surface area contributed by atoms with Crippen LogP contribution in [-0.2, 0) is 22.6 Å². The Kier molecular flexibility index (Phi) is 5.60. The SMILES string of the molecule is CC(C)(CN1CCC[C@H]1c1cc(-c2cnc3[nH]cc(Br)c3c2)cc2c1COCC2)C(=O)O. The highest BCUT2D eigenvalue weighted by Crippen LogP contribution is 2.40. The van der Waals surface area contributed by atoms with Gasteiger partial charge in [-0.2, -0.15) is 0 Å². The molecule has 32 heavy (non-hydrogen) atoms. The van der Waals surface area contributed by atoms with E-state index in [9.17, 15) is 9.90 Å². The van der Waals surface area contributed by atoms with E-state index in [1.54, 1.807) is 0 Å². The van der Waals surface area contributed by atoms with Crippen LogP contribution in [0.2, 0.25) is 0 Å². The highest BCUT2D eigenvalue weighted by Gasteiger charge is 2.36. The van der Waals surface area contributed by atoms with Crippen LogP contribution in [0.25, 0.3) is 22.2 Å². The van der Waals surface area contributed by atoms with E-state index in [2.05, 4.69) is 49.0 Å². The summed E-state index contributed by atoms with van der Waals surface area (Å²) in [6, 6.07) is 6.95. The molecule has 4 heterocycles. The minimum atomic E-state index is -0.785. The van der Waals surface area contributed by atoms with E-state index in [1.807, 2.05) is 26.2 Å². The molecule has 3 aromatic rings. The first-order chi connectivity index (χ1) is 15.3. The van der Waals surface area contributed by atoms with Crippen LogP contribution in [0.5, 0.6) is 0 Å². The number of H-pyrrole nitrogens is 1. The van der Waals surface area contributed by atoms with Gasteiger partial charge >= 0.3 is 5.97 Å². The summed E-state index contributed by atoms with van der Waals surface area (Å²) < 4.78 is 6.85. The number of pyridine rings is 1. The number of hydrogen-bond donors (Lipinski definition) is 2. The number of nitrogens with zero attached hydrogens (tertiary/aromatic N) is 2. The van der Waals surface area contributed by atoms with E-state index in [4.69, 9.17) is 4.74 Å². The maximum atomic E-state index is 11.8. The lowest BCUT2D eigenvalue weighted by Gasteiger charge is -2.33. The minimum absolute atomic E-state index is 0.208. The number of aromatic amines is 1. The minimum Gasteiger partial charge on any atom is -0.481 e. The largest absolute Gasteiger partial charge is 0.481 e. The highest BCUT2D eigenvalue weighted by molar-refractivity contribution is 9.10. The van der Waals surface area contributed by atoms with Gasteiger partial charge in [0.2, 0.25) is 0 Å². The van der Waals surface area contributed by atoms with Crippen LogP contribution in [-0.4, -0.2) is 45.6 Å². The molecule has 0 saturated carbocycles. The number of likely N-dealkylation sites (tertiary alicyclic amines) is 1. The number of benzene rings is 1. The fraction of sp³-hybridized carbons (Fsp3) is 0.440. The van der Waals surface area contributed by atoms with Gasteiger partial charge in [-0.3, -0.25) is 9.69 Å². The topological polar surface area (TPSA) is 78.5 Å². The Balaban J connectivity index is 1.58. The molecule has 0 bridgehead atoms. The van der Waals surface area contributed by atoms with Crippen LogP contribution in [0, 0.1) is 5.41 Å². The third-order valence-corrected chi connectivity index (χ3v) is 7.51. The number of nitrogens with one attached hydrogen (secondary N) is 1. The van der Waals surface area contributed by atoms with Crippen molar-refractivity contribution in [1.29, 1.82) is 0 Å². The molecule has 1 atom stereocenters. The van der Waals surface area contributed by atoms with E-state index in [-0.39, 0.29) is 6.04 Å². The lowest BCUT2D eigenvalue weighted by Crippen LogP contribution is -2.39. The Hall–Kier alpha value is -2.22. The first-order valence-corrected chi connectivity index (χ1v) is 12.0. The van der Waals surface area contributed by atoms with Crippen LogP contribution < -0.4 is 0 Å². The van der Waals surface area contributed by atoms with E-state index < -0.39 is 11.4 Å². The maximum absolute atomic E-state index is 11.8. The monoisotopic (exact) mass is 497 g/mol. The van der Waals surface area contributed by atoms with Crippen LogP contribution in [0.1, 0.15) is 49.4 Å². The molecular formula is C25H28BrN3O3. The molecule has 6 nitrogen and oxygen atoms in total. The molecule has 1 fully saturated rings. The quantitative estimate of drug-likeness (QED) is 0.499. The summed E-state index contributed by atoms with van der Waals surface area (Å²) in [6.07, 6.45) is 6.84. The number of carboxylic acids is 1. The number of ether oxygens (including phenoxy) is 1. The van der Waals surface area contributed by atoms with Crippen molar-refractivity contribution in [3.63, 3.8) is 0 Å². The molecule has 168 valence electrons. The van der Waals surface area contributed by atoms with Gasteiger partial charge < -0.3 is 14.8 Å². The third kappa shape index (κ3) is 3.87. The maximum Gasteiger partial charge on any atom is 0.310 e. The van der Waals surface area contributed by atoms with Gasteiger partial charge in [0.05, 0.1) is 18.6 Å². The van der Waals surface area contributed by atoms with Crippen molar-refractivity contribution >= 4 is 32.9 Å². The Morgan fingerprint density at radius 2 is 2.19 bits per heavy atom. The Morgan fingerprint density at radius 1 is 1.34 bits per heavy atom. The summed E-state index contributed by atoms with van der Waals surface area (Å²) >= 11 is 3.61. The van der Waals surface area contributed by atoms with E-state index in [0.29, 0.717) is 13.2 Å². The molecule has 5 rings (SSSR count). The number of aliphatic carboxylic acids is 1. The molecule has 2 aromatic heterocycles. The zero-order valence-electron chi connectivity index (χ0n) is 18.4. The Bertz CT molecular complexity index is 1190. The number of aromatic nitrogens is 2. The van der Waals surface area contributed by atoms with Gasteiger partial charge in [0, 0.05) is 40.4 Å². The number of carboxylic acid groups (broad SMARTS) is 1. The first kappa shape index (κ1) is 21.6. The zero-order valence-corrected chi connectivity index (χ0v) is 20.0. The van der Waals surface area contributed by atoms with Crippen molar-refractivity contribution in [3.8, 4) is 11.1 Å². The summed E-state index contributed by atoms with van der Waals surface area (Å²) in [5.74, 6) is -0.751. The number of halogens is 1. The van der Waals surface area contributed by atoms with Crippen molar-refractivity contribution in [1.82, 2.24) is 14.9 Å². The fourth-order valence-electron chi connectivity index (χ4n) is 5.05. The average Bonchev–Trinajstić information content (AvgIpc) is 3.38. The van der Waals surface area contributed by atoms with Crippen molar-refractivity contribution in [2.75, 3.05) is 19.7 Å². The number of rotatable bonds is 5. The van der Waals surface area contributed by atoms with E-state index in [1.165, 1.54) is 16.7 Å². The van der Waals surface area contributed by atoms with Crippen LogP contribution >= 0.6 is 15.9 Å². The summed E-state index contributed by atoms with van der Waals surface area (Å²) in [7, 11) is 0. The van der Waals surface area contributed by atoms with Crippen molar-refractivity contribution in [2.24, 2.45) is 5.41 Å². The van der Waals surface area contributed by atoms with Gasteiger partial charge in [0.1, 0.15) is 5.65 Å². The molecule has 0 radical (unpaired) electrons. The van der Waals surface area contributed by atoms with Crippen molar-refractivity contribution < 1.29 is 14.6 Å². The normalized spacial score (nSPS) is 19.4. The predicted octanol–water partition coefficient (Wildman–Crippen LogP) is 5.31. The summed E-state index contributed by atoms with van der Waals surface area (Å²) in [4.78, 5) is 21.9. The van der Waals surface area contributed by atoms with Gasteiger partial charge in [0.25, 0.3) is 0 Å². The van der Waals surface area contributed by atoms with Crippen molar-refractivity contribution in [2.45, 2.75) is 45.8 Å². The molecule has 7 heteroatoms. The molecule has 0 spiro atoms. The standard InChI is InChI=1S/C25H28BrN3O3/c1-25(2,24(30)31)14-29-6-3-4-22(29)18-9-16(8-15-5-7-32-13-20(15)18)17-10-19-21(26)12-28-23(19)27-11-17/h8-12,22H,3-7,13-14H2,1-2H3,(H,27,28)(H,30,31)/t22-/m0/s1. The van der Waals surface area contributed by atoms with Gasteiger partial charge in [-0.15, -0.1) is 0 Å². The smallest absolute Gasteiger partial charge is 0.310 e. The number of carbonyl (C=O) groups is 1. The molecule has 1 aromatic carbocycles. The summed E-state index contributed by atoms with van der Waals surface area (Å²) in [5, 5.41) is 10.7. The molecule has 0 amide bonds. The van der Waals surface area contributed by atoms with Crippen LogP contribution in [0.3, 0.4) is 0 Å². The molecule has 2 aliphatic rings. The van der Waals surface area contributed by atoms with Gasteiger partial charge in [-0.1, -0.05) is 6.07 Å². The first-order valence-electron chi connectivity index (χ1n) is 11.2. The van der Waals surface area contributed by atoms with Gasteiger partial charge in [-0.05, 0) is 90.0 Å². The Morgan fingerprint density at radius 3 is 3.00 bits per heavy atom. The zero-order chi connectivity index (χ0) is 22.5. The second-order valence-electron chi connectivity index (χ2n) is 9.58.